The third-order valence-electron chi connectivity index (χ3n) is 6.39. The predicted octanol–water partition coefficient (Wildman–Crippen LogP) is 5.78. The van der Waals surface area contributed by atoms with E-state index in [1.54, 1.807) is 12.1 Å². The summed E-state index contributed by atoms with van der Waals surface area (Å²) < 4.78 is 79.6. The van der Waals surface area contributed by atoms with E-state index in [2.05, 4.69) is 15.2 Å². The van der Waals surface area contributed by atoms with Gasteiger partial charge in [-0.15, -0.1) is 0 Å². The van der Waals surface area contributed by atoms with Gasteiger partial charge >= 0.3 is 12.4 Å². The minimum absolute atomic E-state index is 0.0674. The van der Waals surface area contributed by atoms with Crippen LogP contribution in [0.4, 0.5) is 32.0 Å². The van der Waals surface area contributed by atoms with Gasteiger partial charge < -0.3 is 15.1 Å². The van der Waals surface area contributed by atoms with E-state index in [0.29, 0.717) is 23.4 Å². The quantitative estimate of drug-likeness (QED) is 0.421. The molecule has 0 radical (unpaired) electrons. The monoisotopic (exact) mass is 536 g/mol. The Morgan fingerprint density at radius 3 is 2.21 bits per heavy atom. The first-order valence-electron chi connectivity index (χ1n) is 11.9. The van der Waals surface area contributed by atoms with Gasteiger partial charge in [0.2, 0.25) is 0 Å². The van der Waals surface area contributed by atoms with Crippen molar-refractivity contribution in [2.45, 2.75) is 25.8 Å². The Hall–Kier alpha value is -3.60. The summed E-state index contributed by atoms with van der Waals surface area (Å²) >= 11 is 0. The van der Waals surface area contributed by atoms with Crippen LogP contribution in [0.25, 0.3) is 11.3 Å². The highest BCUT2D eigenvalue weighted by Crippen LogP contribution is 2.37. The van der Waals surface area contributed by atoms with Gasteiger partial charge in [0.1, 0.15) is 0 Å². The lowest BCUT2D eigenvalue weighted by molar-refractivity contribution is -0.143. The highest BCUT2D eigenvalue weighted by atomic mass is 19.4. The first kappa shape index (κ1) is 27.4. The summed E-state index contributed by atoms with van der Waals surface area (Å²) in [6.07, 6.45) is -8.41. The second kappa shape index (κ2) is 10.6. The van der Waals surface area contributed by atoms with E-state index in [9.17, 15) is 31.1 Å². The molecule has 1 aromatic heterocycles. The summed E-state index contributed by atoms with van der Waals surface area (Å²) in [6, 6.07) is 10.1. The van der Waals surface area contributed by atoms with E-state index in [-0.39, 0.29) is 17.2 Å². The fourth-order valence-corrected chi connectivity index (χ4v) is 4.47. The van der Waals surface area contributed by atoms with Crippen LogP contribution >= 0.6 is 0 Å². The molecule has 1 amide bonds. The summed E-state index contributed by atoms with van der Waals surface area (Å²) in [4.78, 5) is 21.1. The molecular formula is C27H26F6N4O. The van der Waals surface area contributed by atoms with Gasteiger partial charge in [-0.1, -0.05) is 12.1 Å². The van der Waals surface area contributed by atoms with Crippen molar-refractivity contribution in [3.63, 3.8) is 0 Å². The van der Waals surface area contributed by atoms with Crippen molar-refractivity contribution in [1.82, 2.24) is 15.2 Å². The molecule has 0 atom stereocenters. The normalized spacial score (nSPS) is 14.5. The maximum absolute atomic E-state index is 13.4. The SMILES string of the molecule is Cc1ccc(-c2ncccc2C(=O)N(C)Cc2cc(C(F)(F)F)cc(C(F)(F)F)c2)cc1N1CCNCC1. The number of amides is 1. The molecule has 0 bridgehead atoms. The molecule has 4 rings (SSSR count). The molecule has 202 valence electrons. The predicted molar refractivity (Wildman–Crippen MR) is 132 cm³/mol. The van der Waals surface area contributed by atoms with Crippen LogP contribution in [0.1, 0.15) is 32.6 Å². The molecule has 0 aliphatic carbocycles. The van der Waals surface area contributed by atoms with Crippen LogP contribution in [0.2, 0.25) is 0 Å². The number of hydrogen-bond donors (Lipinski definition) is 1. The Morgan fingerprint density at radius 1 is 0.974 bits per heavy atom. The number of anilines is 1. The lowest BCUT2D eigenvalue weighted by Gasteiger charge is -2.31. The number of nitrogens with one attached hydrogen (secondary N) is 1. The smallest absolute Gasteiger partial charge is 0.369 e. The second-order valence-corrected chi connectivity index (χ2v) is 9.21. The summed E-state index contributed by atoms with van der Waals surface area (Å²) in [6.45, 7) is 4.85. The molecule has 1 fully saturated rings. The molecule has 1 N–H and O–H groups in total. The van der Waals surface area contributed by atoms with Crippen molar-refractivity contribution in [2.24, 2.45) is 0 Å². The molecule has 1 aliphatic rings. The Balaban J connectivity index is 1.65. The number of halogens is 6. The fourth-order valence-electron chi connectivity index (χ4n) is 4.47. The van der Waals surface area contributed by atoms with Gasteiger partial charge in [-0.05, 0) is 54.4 Å². The van der Waals surface area contributed by atoms with Gasteiger partial charge in [-0.25, -0.2) is 0 Å². The van der Waals surface area contributed by atoms with Crippen LogP contribution in [0.5, 0.6) is 0 Å². The first-order valence-corrected chi connectivity index (χ1v) is 11.9. The van der Waals surface area contributed by atoms with Crippen molar-refractivity contribution >= 4 is 11.6 Å². The number of nitrogens with zero attached hydrogens (tertiary/aromatic N) is 3. The van der Waals surface area contributed by atoms with Crippen molar-refractivity contribution in [1.29, 1.82) is 0 Å². The molecule has 5 nitrogen and oxygen atoms in total. The van der Waals surface area contributed by atoms with Crippen LogP contribution in [-0.2, 0) is 18.9 Å². The zero-order valence-corrected chi connectivity index (χ0v) is 20.7. The number of pyridine rings is 1. The fraction of sp³-hybridized carbons (Fsp3) is 0.333. The topological polar surface area (TPSA) is 48.5 Å². The Morgan fingerprint density at radius 2 is 1.61 bits per heavy atom. The van der Waals surface area contributed by atoms with Crippen molar-refractivity contribution < 1.29 is 31.1 Å². The number of piperazine rings is 1. The minimum atomic E-state index is -4.97. The van der Waals surface area contributed by atoms with E-state index in [1.165, 1.54) is 13.2 Å². The van der Waals surface area contributed by atoms with Gasteiger partial charge in [0, 0.05) is 57.2 Å². The molecule has 1 aliphatic heterocycles. The van der Waals surface area contributed by atoms with Gasteiger partial charge in [-0.3, -0.25) is 9.78 Å². The number of rotatable bonds is 5. The van der Waals surface area contributed by atoms with E-state index in [4.69, 9.17) is 0 Å². The summed E-state index contributed by atoms with van der Waals surface area (Å²) in [5, 5.41) is 3.30. The molecule has 38 heavy (non-hydrogen) atoms. The van der Waals surface area contributed by atoms with E-state index >= 15 is 0 Å². The van der Waals surface area contributed by atoms with E-state index in [1.807, 2.05) is 25.1 Å². The molecule has 2 aromatic carbocycles. The molecule has 0 saturated carbocycles. The van der Waals surface area contributed by atoms with Crippen LogP contribution in [0.15, 0.2) is 54.7 Å². The Labute approximate surface area is 216 Å². The number of benzene rings is 2. The van der Waals surface area contributed by atoms with Crippen LogP contribution in [-0.4, -0.2) is 49.0 Å². The minimum Gasteiger partial charge on any atom is -0.369 e. The molecule has 2 heterocycles. The largest absolute Gasteiger partial charge is 0.416 e. The highest BCUT2D eigenvalue weighted by molar-refractivity contribution is 6.00. The van der Waals surface area contributed by atoms with Crippen molar-refractivity contribution in [3.05, 3.63) is 82.5 Å². The Kier molecular flexibility index (Phi) is 7.68. The summed E-state index contributed by atoms with van der Waals surface area (Å²) in [7, 11) is 1.33. The molecular weight excluding hydrogens is 510 g/mol. The number of carbonyl (C=O) groups excluding carboxylic acids is 1. The number of carbonyl (C=O) groups is 1. The van der Waals surface area contributed by atoms with Gasteiger partial charge in [0.25, 0.3) is 5.91 Å². The van der Waals surface area contributed by atoms with Crippen LogP contribution in [0, 0.1) is 6.92 Å². The van der Waals surface area contributed by atoms with Crippen LogP contribution < -0.4 is 10.2 Å². The summed E-state index contributed by atoms with van der Waals surface area (Å²) in [5.41, 5.74) is 0.167. The van der Waals surface area contributed by atoms with Gasteiger partial charge in [0.15, 0.2) is 0 Å². The standard InChI is InChI=1S/C27H26F6N4O/c1-17-5-6-19(14-23(17)37-10-8-34-9-11-37)24-22(4-3-7-35-24)25(38)36(2)16-18-12-20(26(28,29)30)15-21(13-18)27(31,32)33/h3-7,12-15,34H,8-11,16H2,1-2H3. The highest BCUT2D eigenvalue weighted by Gasteiger charge is 2.37. The average molecular weight is 537 g/mol. The number of aryl methyl sites for hydroxylation is 1. The Bertz CT molecular complexity index is 1280. The molecule has 11 heteroatoms. The molecule has 0 unspecified atom stereocenters. The molecule has 1 saturated heterocycles. The third-order valence-corrected chi connectivity index (χ3v) is 6.39. The summed E-state index contributed by atoms with van der Waals surface area (Å²) in [5.74, 6) is -0.580. The molecule has 0 spiro atoms. The zero-order valence-electron chi connectivity index (χ0n) is 20.7. The first-order chi connectivity index (χ1) is 17.8. The number of alkyl halides is 6. The van der Waals surface area contributed by atoms with Gasteiger partial charge in [0.05, 0.1) is 22.4 Å². The van der Waals surface area contributed by atoms with E-state index in [0.717, 1.165) is 42.3 Å². The zero-order chi connectivity index (χ0) is 27.7. The van der Waals surface area contributed by atoms with Crippen LogP contribution in [0.3, 0.4) is 0 Å². The van der Waals surface area contributed by atoms with Gasteiger partial charge in [-0.2, -0.15) is 26.3 Å². The number of aromatic nitrogens is 1. The molecule has 3 aromatic rings. The van der Waals surface area contributed by atoms with E-state index < -0.39 is 35.9 Å². The lowest BCUT2D eigenvalue weighted by atomic mass is 10.0. The second-order valence-electron chi connectivity index (χ2n) is 9.21. The number of hydrogen-bond acceptors (Lipinski definition) is 4. The van der Waals surface area contributed by atoms with Crippen molar-refractivity contribution in [2.75, 3.05) is 38.1 Å². The van der Waals surface area contributed by atoms with Crippen molar-refractivity contribution in [3.8, 4) is 11.3 Å². The average Bonchev–Trinajstić information content (AvgIpc) is 2.88. The third kappa shape index (κ3) is 6.09. The maximum atomic E-state index is 13.4. The maximum Gasteiger partial charge on any atom is 0.416 e. The lowest BCUT2D eigenvalue weighted by Crippen LogP contribution is -2.43.